The standard InChI is InChI=1S/C14H12F2N2O/c1-8-5-6-9(11(17)7-8)14(19)18-12-4-2-3-10(15)13(12)16/h2-7H,17H2,1H3,(H,18,19). The molecule has 0 radical (unpaired) electrons. The number of halogens is 2. The predicted octanol–water partition coefficient (Wildman–Crippen LogP) is 3.11. The van der Waals surface area contributed by atoms with E-state index >= 15 is 0 Å². The quantitative estimate of drug-likeness (QED) is 0.817. The number of hydrogen-bond acceptors (Lipinski definition) is 2. The van der Waals surface area contributed by atoms with Crippen LogP contribution < -0.4 is 11.1 Å². The lowest BCUT2D eigenvalue weighted by molar-refractivity contribution is 0.102. The molecule has 0 unspecified atom stereocenters. The van der Waals surface area contributed by atoms with Gasteiger partial charge in [-0.3, -0.25) is 4.79 Å². The number of nitrogens with one attached hydrogen (secondary N) is 1. The van der Waals surface area contributed by atoms with Gasteiger partial charge in [0.1, 0.15) is 0 Å². The van der Waals surface area contributed by atoms with Crippen LogP contribution in [0.4, 0.5) is 20.2 Å². The smallest absolute Gasteiger partial charge is 0.257 e. The molecule has 2 rings (SSSR count). The maximum Gasteiger partial charge on any atom is 0.257 e. The van der Waals surface area contributed by atoms with Crippen LogP contribution in [-0.4, -0.2) is 5.91 Å². The number of amides is 1. The monoisotopic (exact) mass is 262 g/mol. The van der Waals surface area contributed by atoms with Crippen molar-refractivity contribution in [2.75, 3.05) is 11.1 Å². The van der Waals surface area contributed by atoms with Crippen LogP contribution in [0, 0.1) is 18.6 Å². The number of anilines is 2. The summed E-state index contributed by atoms with van der Waals surface area (Å²) < 4.78 is 26.4. The molecule has 5 heteroatoms. The molecule has 3 nitrogen and oxygen atoms in total. The first-order chi connectivity index (χ1) is 8.99. The maximum absolute atomic E-state index is 13.4. The van der Waals surface area contributed by atoms with E-state index in [-0.39, 0.29) is 16.9 Å². The molecule has 0 fully saturated rings. The molecular weight excluding hydrogens is 250 g/mol. The Morgan fingerprint density at radius 2 is 1.95 bits per heavy atom. The van der Waals surface area contributed by atoms with Crippen LogP contribution in [0.3, 0.4) is 0 Å². The molecule has 0 heterocycles. The van der Waals surface area contributed by atoms with E-state index in [1.54, 1.807) is 12.1 Å². The van der Waals surface area contributed by atoms with Gasteiger partial charge in [0, 0.05) is 5.69 Å². The van der Waals surface area contributed by atoms with Crippen molar-refractivity contribution in [3.63, 3.8) is 0 Å². The summed E-state index contributed by atoms with van der Waals surface area (Å²) in [5.74, 6) is -2.70. The van der Waals surface area contributed by atoms with Gasteiger partial charge in [-0.15, -0.1) is 0 Å². The Hall–Kier alpha value is -2.43. The molecule has 0 aliphatic rings. The average molecular weight is 262 g/mol. The van der Waals surface area contributed by atoms with Crippen LogP contribution in [0.5, 0.6) is 0 Å². The predicted molar refractivity (Wildman–Crippen MR) is 69.9 cm³/mol. The average Bonchev–Trinajstić information content (AvgIpc) is 2.34. The zero-order valence-electron chi connectivity index (χ0n) is 10.2. The summed E-state index contributed by atoms with van der Waals surface area (Å²) in [6, 6.07) is 8.46. The fraction of sp³-hybridized carbons (Fsp3) is 0.0714. The van der Waals surface area contributed by atoms with Crippen molar-refractivity contribution < 1.29 is 13.6 Å². The van der Waals surface area contributed by atoms with Crippen LogP contribution in [0.25, 0.3) is 0 Å². The van der Waals surface area contributed by atoms with E-state index in [1.807, 2.05) is 6.92 Å². The molecule has 0 saturated heterocycles. The number of hydrogen-bond donors (Lipinski definition) is 2. The molecule has 1 amide bonds. The normalized spacial score (nSPS) is 10.3. The molecule has 2 aromatic rings. The van der Waals surface area contributed by atoms with Crippen LogP contribution in [0.15, 0.2) is 36.4 Å². The number of nitrogen functional groups attached to an aromatic ring is 1. The van der Waals surface area contributed by atoms with Crippen LogP contribution >= 0.6 is 0 Å². The SMILES string of the molecule is Cc1ccc(C(=O)Nc2cccc(F)c2F)c(N)c1. The second-order valence-electron chi connectivity index (χ2n) is 4.15. The van der Waals surface area contributed by atoms with Gasteiger partial charge in [-0.05, 0) is 36.8 Å². The van der Waals surface area contributed by atoms with Crippen LogP contribution in [-0.2, 0) is 0 Å². The summed E-state index contributed by atoms with van der Waals surface area (Å²) in [6.07, 6.45) is 0. The third-order valence-electron chi connectivity index (χ3n) is 2.65. The molecule has 0 aliphatic carbocycles. The van der Waals surface area contributed by atoms with Crippen molar-refractivity contribution in [2.24, 2.45) is 0 Å². The molecule has 0 aliphatic heterocycles. The molecule has 19 heavy (non-hydrogen) atoms. The third-order valence-corrected chi connectivity index (χ3v) is 2.65. The van der Waals surface area contributed by atoms with Crippen molar-refractivity contribution in [1.82, 2.24) is 0 Å². The zero-order chi connectivity index (χ0) is 14.0. The van der Waals surface area contributed by atoms with Crippen molar-refractivity contribution in [3.05, 3.63) is 59.2 Å². The van der Waals surface area contributed by atoms with Gasteiger partial charge in [-0.1, -0.05) is 12.1 Å². The highest BCUT2D eigenvalue weighted by molar-refractivity contribution is 6.07. The Kier molecular flexibility index (Phi) is 3.46. The molecule has 98 valence electrons. The van der Waals surface area contributed by atoms with Gasteiger partial charge in [0.05, 0.1) is 11.3 Å². The Balaban J connectivity index is 2.28. The topological polar surface area (TPSA) is 55.1 Å². The molecule has 0 spiro atoms. The van der Waals surface area contributed by atoms with Crippen molar-refractivity contribution in [2.45, 2.75) is 6.92 Å². The molecule has 0 aromatic heterocycles. The molecule has 0 saturated carbocycles. The highest BCUT2D eigenvalue weighted by atomic mass is 19.2. The highest BCUT2D eigenvalue weighted by Gasteiger charge is 2.14. The van der Waals surface area contributed by atoms with E-state index in [4.69, 9.17) is 5.73 Å². The molecule has 2 aromatic carbocycles. The van der Waals surface area contributed by atoms with Gasteiger partial charge >= 0.3 is 0 Å². The Labute approximate surface area is 109 Å². The summed E-state index contributed by atoms with van der Waals surface area (Å²) in [5.41, 5.74) is 6.91. The number of carbonyl (C=O) groups excluding carboxylic acids is 1. The largest absolute Gasteiger partial charge is 0.398 e. The first kappa shape index (κ1) is 13.0. The lowest BCUT2D eigenvalue weighted by atomic mass is 10.1. The van der Waals surface area contributed by atoms with Gasteiger partial charge in [-0.2, -0.15) is 0 Å². The second kappa shape index (κ2) is 5.06. The Morgan fingerprint density at radius 3 is 2.63 bits per heavy atom. The minimum atomic E-state index is -1.10. The van der Waals surface area contributed by atoms with E-state index in [0.29, 0.717) is 0 Å². The van der Waals surface area contributed by atoms with E-state index in [0.717, 1.165) is 11.6 Å². The summed E-state index contributed by atoms with van der Waals surface area (Å²) in [7, 11) is 0. The number of benzene rings is 2. The van der Waals surface area contributed by atoms with Gasteiger partial charge in [0.2, 0.25) is 0 Å². The van der Waals surface area contributed by atoms with Crippen LogP contribution in [0.2, 0.25) is 0 Å². The third kappa shape index (κ3) is 2.70. The highest BCUT2D eigenvalue weighted by Crippen LogP contribution is 2.19. The number of nitrogens with two attached hydrogens (primary N) is 1. The van der Waals surface area contributed by atoms with E-state index in [1.165, 1.54) is 18.2 Å². The van der Waals surface area contributed by atoms with Gasteiger partial charge in [-0.25, -0.2) is 8.78 Å². The van der Waals surface area contributed by atoms with Crippen molar-refractivity contribution in [1.29, 1.82) is 0 Å². The second-order valence-corrected chi connectivity index (χ2v) is 4.15. The lowest BCUT2D eigenvalue weighted by Crippen LogP contribution is -2.15. The van der Waals surface area contributed by atoms with E-state index in [2.05, 4.69) is 5.32 Å². The summed E-state index contributed by atoms with van der Waals surface area (Å²) in [4.78, 5) is 11.9. The van der Waals surface area contributed by atoms with E-state index < -0.39 is 17.5 Å². The Morgan fingerprint density at radius 1 is 1.21 bits per heavy atom. The molecular formula is C14H12F2N2O. The molecule has 3 N–H and O–H groups in total. The summed E-state index contributed by atoms with van der Waals surface area (Å²) in [5, 5.41) is 2.29. The zero-order valence-corrected chi connectivity index (χ0v) is 10.2. The number of carbonyl (C=O) groups is 1. The van der Waals surface area contributed by atoms with Gasteiger partial charge in [0.15, 0.2) is 11.6 Å². The van der Waals surface area contributed by atoms with Crippen LogP contribution in [0.1, 0.15) is 15.9 Å². The first-order valence-corrected chi connectivity index (χ1v) is 5.60. The fourth-order valence-corrected chi connectivity index (χ4v) is 1.68. The van der Waals surface area contributed by atoms with Gasteiger partial charge in [0.25, 0.3) is 5.91 Å². The minimum absolute atomic E-state index is 0.217. The van der Waals surface area contributed by atoms with Gasteiger partial charge < -0.3 is 11.1 Å². The van der Waals surface area contributed by atoms with Crippen molar-refractivity contribution in [3.8, 4) is 0 Å². The first-order valence-electron chi connectivity index (χ1n) is 5.60. The fourth-order valence-electron chi connectivity index (χ4n) is 1.68. The number of aryl methyl sites for hydroxylation is 1. The minimum Gasteiger partial charge on any atom is -0.398 e. The Bertz CT molecular complexity index is 641. The van der Waals surface area contributed by atoms with Crippen molar-refractivity contribution >= 4 is 17.3 Å². The maximum atomic E-state index is 13.4. The van der Waals surface area contributed by atoms with E-state index in [9.17, 15) is 13.6 Å². The molecule has 0 bridgehead atoms. The number of rotatable bonds is 2. The summed E-state index contributed by atoms with van der Waals surface area (Å²) >= 11 is 0. The molecule has 0 atom stereocenters. The lowest BCUT2D eigenvalue weighted by Gasteiger charge is -2.09. The summed E-state index contributed by atoms with van der Waals surface area (Å²) in [6.45, 7) is 1.84.